The van der Waals surface area contributed by atoms with Crippen LogP contribution in [0.2, 0.25) is 5.02 Å². The molecule has 2 aromatic carbocycles. The number of nitrogens with one attached hydrogen (secondary N) is 1. The van der Waals surface area contributed by atoms with Crippen molar-refractivity contribution >= 4 is 33.1 Å². The lowest BCUT2D eigenvalue weighted by molar-refractivity contribution is -0.120. The Morgan fingerprint density at radius 2 is 1.54 bits per heavy atom. The number of sulfone groups is 1. The fraction of sp³-hybridized carbons (Fsp3) is 0.222. The summed E-state index contributed by atoms with van der Waals surface area (Å²) in [6.45, 7) is 1.66. The molecule has 1 amide bonds. The third kappa shape index (κ3) is 5.56. The SMILES string of the molecule is CCC(=O)NN=C(c1ccc(Cl)cc1)c1ccc(CS(=O)(=O)C(F)(F)F)cc1. The van der Waals surface area contributed by atoms with Gasteiger partial charge in [0.25, 0.3) is 9.84 Å². The smallest absolute Gasteiger partial charge is 0.273 e. The summed E-state index contributed by atoms with van der Waals surface area (Å²) in [5.74, 6) is -1.48. The molecule has 2 aromatic rings. The fourth-order valence-corrected chi connectivity index (χ4v) is 3.08. The molecule has 0 heterocycles. The van der Waals surface area contributed by atoms with E-state index in [1.807, 2.05) is 0 Å². The maximum atomic E-state index is 12.5. The summed E-state index contributed by atoms with van der Waals surface area (Å²) in [5.41, 5.74) is -1.51. The highest BCUT2D eigenvalue weighted by Crippen LogP contribution is 2.27. The highest BCUT2D eigenvalue weighted by molar-refractivity contribution is 7.91. The molecule has 0 aliphatic rings. The first-order chi connectivity index (χ1) is 13.0. The Bertz CT molecular complexity index is 971. The van der Waals surface area contributed by atoms with Gasteiger partial charge in [-0.3, -0.25) is 4.79 Å². The first-order valence-corrected chi connectivity index (χ1v) is 10.1. The monoisotopic (exact) mass is 432 g/mol. The maximum Gasteiger partial charge on any atom is 0.497 e. The minimum atomic E-state index is -5.31. The molecule has 0 atom stereocenters. The van der Waals surface area contributed by atoms with Crippen molar-refractivity contribution in [3.05, 3.63) is 70.2 Å². The first-order valence-electron chi connectivity index (χ1n) is 8.04. The van der Waals surface area contributed by atoms with Crippen molar-refractivity contribution in [1.82, 2.24) is 5.43 Å². The van der Waals surface area contributed by atoms with E-state index in [1.54, 1.807) is 31.2 Å². The van der Waals surface area contributed by atoms with E-state index < -0.39 is 21.1 Å². The second-order valence-corrected chi connectivity index (χ2v) is 8.18. The number of carbonyl (C=O) groups excluding carboxylic acids is 1. The maximum absolute atomic E-state index is 12.5. The molecule has 0 bridgehead atoms. The first kappa shape index (κ1) is 21.9. The van der Waals surface area contributed by atoms with Crippen LogP contribution in [-0.2, 0) is 20.4 Å². The van der Waals surface area contributed by atoms with Crippen LogP contribution in [0.15, 0.2) is 53.6 Å². The summed E-state index contributed by atoms with van der Waals surface area (Å²) in [4.78, 5) is 11.5. The summed E-state index contributed by atoms with van der Waals surface area (Å²) in [7, 11) is -5.27. The average Bonchev–Trinajstić information content (AvgIpc) is 2.63. The zero-order valence-electron chi connectivity index (χ0n) is 14.6. The third-order valence-corrected chi connectivity index (χ3v) is 5.34. The molecule has 0 saturated carbocycles. The summed E-state index contributed by atoms with van der Waals surface area (Å²) >= 11 is 5.87. The zero-order chi connectivity index (χ0) is 20.9. The van der Waals surface area contributed by atoms with Gasteiger partial charge in [-0.1, -0.05) is 54.9 Å². The quantitative estimate of drug-likeness (QED) is 0.552. The molecule has 0 aromatic heterocycles. The normalized spacial score (nSPS) is 12.7. The van der Waals surface area contributed by atoms with E-state index in [0.717, 1.165) is 0 Å². The van der Waals surface area contributed by atoms with Gasteiger partial charge in [0.2, 0.25) is 5.91 Å². The second-order valence-electron chi connectivity index (χ2n) is 5.76. The van der Waals surface area contributed by atoms with Crippen LogP contribution in [0.3, 0.4) is 0 Å². The molecular weight excluding hydrogens is 417 g/mol. The van der Waals surface area contributed by atoms with Gasteiger partial charge in [-0.15, -0.1) is 0 Å². The van der Waals surface area contributed by atoms with Gasteiger partial charge in [-0.05, 0) is 17.7 Å². The van der Waals surface area contributed by atoms with Gasteiger partial charge in [0, 0.05) is 22.6 Å². The van der Waals surface area contributed by atoms with Crippen LogP contribution in [0.1, 0.15) is 30.0 Å². The molecule has 0 spiro atoms. The molecule has 150 valence electrons. The molecule has 10 heteroatoms. The van der Waals surface area contributed by atoms with Crippen LogP contribution >= 0.6 is 11.6 Å². The molecule has 0 aliphatic carbocycles. The second kappa shape index (κ2) is 8.74. The largest absolute Gasteiger partial charge is 0.497 e. The van der Waals surface area contributed by atoms with Gasteiger partial charge in [-0.2, -0.15) is 18.3 Å². The molecule has 1 N–H and O–H groups in total. The van der Waals surface area contributed by atoms with E-state index in [0.29, 0.717) is 21.9 Å². The van der Waals surface area contributed by atoms with E-state index in [4.69, 9.17) is 11.6 Å². The van der Waals surface area contributed by atoms with Gasteiger partial charge in [0.05, 0.1) is 11.5 Å². The number of carbonyl (C=O) groups is 1. The van der Waals surface area contributed by atoms with Crippen LogP contribution in [0.25, 0.3) is 0 Å². The van der Waals surface area contributed by atoms with E-state index in [2.05, 4.69) is 10.5 Å². The molecule has 0 radical (unpaired) electrons. The summed E-state index contributed by atoms with van der Waals surface area (Å²) < 4.78 is 60.2. The number of benzene rings is 2. The number of alkyl halides is 3. The van der Waals surface area contributed by atoms with Crippen molar-refractivity contribution < 1.29 is 26.4 Å². The number of amides is 1. The van der Waals surface area contributed by atoms with E-state index >= 15 is 0 Å². The number of halogens is 4. The summed E-state index contributed by atoms with van der Waals surface area (Å²) in [6, 6.07) is 12.0. The molecule has 2 rings (SSSR count). The molecule has 0 fully saturated rings. The van der Waals surface area contributed by atoms with Gasteiger partial charge in [0.1, 0.15) is 0 Å². The van der Waals surface area contributed by atoms with Crippen LogP contribution in [-0.4, -0.2) is 25.5 Å². The Kier molecular flexibility index (Phi) is 6.84. The van der Waals surface area contributed by atoms with Crippen molar-refractivity contribution in [1.29, 1.82) is 0 Å². The predicted octanol–water partition coefficient (Wildman–Crippen LogP) is 4.05. The number of rotatable bonds is 6. The van der Waals surface area contributed by atoms with Crippen LogP contribution in [0, 0.1) is 0 Å². The number of hydrogen-bond donors (Lipinski definition) is 1. The summed E-state index contributed by atoms with van der Waals surface area (Å²) in [6.07, 6.45) is 0.214. The Balaban J connectivity index is 2.36. The highest BCUT2D eigenvalue weighted by Gasteiger charge is 2.45. The van der Waals surface area contributed by atoms with Crippen molar-refractivity contribution in [3.63, 3.8) is 0 Å². The molecule has 0 saturated heterocycles. The van der Waals surface area contributed by atoms with Crippen molar-refractivity contribution in [2.75, 3.05) is 0 Å². The lowest BCUT2D eigenvalue weighted by Crippen LogP contribution is -2.24. The van der Waals surface area contributed by atoms with Gasteiger partial charge in [0.15, 0.2) is 0 Å². The predicted molar refractivity (Wildman–Crippen MR) is 101 cm³/mol. The highest BCUT2D eigenvalue weighted by atomic mass is 35.5. The van der Waals surface area contributed by atoms with Crippen LogP contribution in [0.5, 0.6) is 0 Å². The number of hydrazone groups is 1. The fourth-order valence-electron chi connectivity index (χ4n) is 2.16. The van der Waals surface area contributed by atoms with E-state index in [1.165, 1.54) is 24.3 Å². The van der Waals surface area contributed by atoms with Gasteiger partial charge >= 0.3 is 5.51 Å². The standard InChI is InChI=1S/C18H16ClF3N2O3S/c1-2-16(25)23-24-17(14-7-9-15(19)10-8-14)13-5-3-12(4-6-13)11-28(26,27)18(20,21)22/h3-10H,2,11H2,1H3,(H,23,25). The van der Waals surface area contributed by atoms with Crippen LogP contribution in [0.4, 0.5) is 13.2 Å². The Morgan fingerprint density at radius 3 is 2.00 bits per heavy atom. The van der Waals surface area contributed by atoms with Gasteiger partial charge in [-0.25, -0.2) is 13.8 Å². The zero-order valence-corrected chi connectivity index (χ0v) is 16.2. The lowest BCUT2D eigenvalue weighted by atomic mass is 10.0. The Hall–Kier alpha value is -2.39. The lowest BCUT2D eigenvalue weighted by Gasteiger charge is -2.10. The van der Waals surface area contributed by atoms with Crippen molar-refractivity contribution in [2.45, 2.75) is 24.6 Å². The topological polar surface area (TPSA) is 75.6 Å². The van der Waals surface area contributed by atoms with E-state index in [-0.39, 0.29) is 17.9 Å². The summed E-state index contributed by atoms with van der Waals surface area (Å²) in [5, 5.41) is 4.58. The molecule has 28 heavy (non-hydrogen) atoms. The molecule has 0 unspecified atom stereocenters. The minimum absolute atomic E-state index is 0.0193. The van der Waals surface area contributed by atoms with E-state index in [9.17, 15) is 26.4 Å². The van der Waals surface area contributed by atoms with Gasteiger partial charge < -0.3 is 0 Å². The molecule has 0 aliphatic heterocycles. The third-order valence-electron chi connectivity index (χ3n) is 3.67. The van der Waals surface area contributed by atoms with Crippen LogP contribution < -0.4 is 5.43 Å². The Morgan fingerprint density at radius 1 is 1.04 bits per heavy atom. The minimum Gasteiger partial charge on any atom is -0.273 e. The van der Waals surface area contributed by atoms with Crippen molar-refractivity contribution in [2.24, 2.45) is 5.10 Å². The molecular formula is C18H16ClF3N2O3S. The average molecular weight is 433 g/mol. The number of nitrogens with zero attached hydrogens (tertiary/aromatic N) is 1. The van der Waals surface area contributed by atoms with Crippen molar-refractivity contribution in [3.8, 4) is 0 Å². The molecule has 5 nitrogen and oxygen atoms in total. The number of hydrogen-bond acceptors (Lipinski definition) is 4. The Labute approximate surface area is 165 Å².